The number of rotatable bonds is 5. The van der Waals surface area contributed by atoms with Crippen molar-refractivity contribution in [3.05, 3.63) is 21.4 Å². The molecule has 0 spiro atoms. The second-order valence-electron chi connectivity index (χ2n) is 3.80. The Bertz CT molecular complexity index is 407. The molecular formula is C11H17N3O2S. The Labute approximate surface area is 104 Å². The minimum Gasteiger partial charge on any atom is -0.409 e. The highest BCUT2D eigenvalue weighted by atomic mass is 32.1. The lowest BCUT2D eigenvalue weighted by atomic mass is 10.2. The van der Waals surface area contributed by atoms with Crippen LogP contribution in [0.2, 0.25) is 0 Å². The molecule has 0 bridgehead atoms. The summed E-state index contributed by atoms with van der Waals surface area (Å²) in [5, 5.41) is 14.0. The van der Waals surface area contributed by atoms with E-state index in [4.69, 9.17) is 10.9 Å². The molecule has 6 heteroatoms. The fraction of sp³-hybridized carbons (Fsp3) is 0.455. The zero-order valence-corrected chi connectivity index (χ0v) is 10.8. The van der Waals surface area contributed by atoms with Crippen molar-refractivity contribution in [2.45, 2.75) is 26.7 Å². The Hall–Kier alpha value is -1.56. The molecule has 0 atom stereocenters. The molecule has 0 aliphatic rings. The molecule has 0 fully saturated rings. The molecule has 1 amide bonds. The van der Waals surface area contributed by atoms with Crippen LogP contribution in [0.25, 0.3) is 0 Å². The normalized spacial score (nSPS) is 11.5. The Morgan fingerprint density at radius 3 is 2.82 bits per heavy atom. The number of amidine groups is 1. The van der Waals surface area contributed by atoms with Crippen molar-refractivity contribution in [3.8, 4) is 0 Å². The van der Waals surface area contributed by atoms with Crippen molar-refractivity contribution in [3.63, 3.8) is 0 Å². The molecule has 0 saturated carbocycles. The average Bonchev–Trinajstić information content (AvgIpc) is 2.64. The highest BCUT2D eigenvalue weighted by Gasteiger charge is 2.09. The van der Waals surface area contributed by atoms with Gasteiger partial charge in [0.15, 0.2) is 0 Å². The smallest absolute Gasteiger partial charge is 0.261 e. The van der Waals surface area contributed by atoms with Crippen molar-refractivity contribution in [1.29, 1.82) is 0 Å². The lowest BCUT2D eigenvalue weighted by molar-refractivity contribution is 0.0957. The quantitative estimate of drug-likeness (QED) is 0.246. The fourth-order valence-corrected chi connectivity index (χ4v) is 2.24. The molecule has 0 aromatic carbocycles. The zero-order valence-electron chi connectivity index (χ0n) is 9.99. The van der Waals surface area contributed by atoms with E-state index in [-0.39, 0.29) is 11.7 Å². The predicted molar refractivity (Wildman–Crippen MR) is 68.8 cm³/mol. The summed E-state index contributed by atoms with van der Waals surface area (Å²) in [6, 6.07) is 1.89. The topological polar surface area (TPSA) is 87.7 Å². The lowest BCUT2D eigenvalue weighted by Crippen LogP contribution is -2.24. The van der Waals surface area contributed by atoms with E-state index in [0.717, 1.165) is 15.3 Å². The lowest BCUT2D eigenvalue weighted by Gasteiger charge is -2.02. The number of carbonyl (C=O) groups is 1. The minimum atomic E-state index is -0.0642. The van der Waals surface area contributed by atoms with Gasteiger partial charge >= 0.3 is 0 Å². The first-order chi connectivity index (χ1) is 8.04. The van der Waals surface area contributed by atoms with Crippen LogP contribution < -0.4 is 11.1 Å². The van der Waals surface area contributed by atoms with Crippen LogP contribution in [0.15, 0.2) is 11.2 Å². The van der Waals surface area contributed by atoms with Crippen molar-refractivity contribution in [2.75, 3.05) is 6.54 Å². The summed E-state index contributed by atoms with van der Waals surface area (Å²) in [6.07, 6.45) is 1.13. The molecule has 0 radical (unpaired) electrons. The number of oxime groups is 1. The number of thiophene rings is 1. The standard InChI is InChI=1S/C11H17N3O2S/c1-7-6-9(17-8(7)2)11(15)13-5-3-4-10(12)14-16/h6,16H,3-5H2,1-2H3,(H2,12,14)(H,13,15). The molecular weight excluding hydrogens is 238 g/mol. The summed E-state index contributed by atoms with van der Waals surface area (Å²) in [5.74, 6) is 0.118. The first kappa shape index (κ1) is 13.5. The second-order valence-corrected chi connectivity index (χ2v) is 5.06. The number of hydrogen-bond acceptors (Lipinski definition) is 4. The van der Waals surface area contributed by atoms with Crippen LogP contribution >= 0.6 is 11.3 Å². The van der Waals surface area contributed by atoms with Gasteiger partial charge in [0.25, 0.3) is 5.91 Å². The van der Waals surface area contributed by atoms with E-state index in [1.807, 2.05) is 19.9 Å². The SMILES string of the molecule is Cc1cc(C(=O)NCCCC(N)=NO)sc1C. The summed E-state index contributed by atoms with van der Waals surface area (Å²) in [6.45, 7) is 4.50. The zero-order chi connectivity index (χ0) is 12.8. The van der Waals surface area contributed by atoms with Crippen LogP contribution in [-0.4, -0.2) is 23.5 Å². The van der Waals surface area contributed by atoms with Gasteiger partial charge in [0.05, 0.1) is 4.88 Å². The summed E-state index contributed by atoms with van der Waals surface area (Å²) < 4.78 is 0. The molecule has 0 aliphatic carbocycles. The van der Waals surface area contributed by atoms with Crippen LogP contribution in [0.1, 0.15) is 33.0 Å². The van der Waals surface area contributed by atoms with Gasteiger partial charge in [-0.15, -0.1) is 11.3 Å². The van der Waals surface area contributed by atoms with Gasteiger partial charge in [-0.3, -0.25) is 4.79 Å². The number of carbonyl (C=O) groups excluding carboxylic acids is 1. The molecule has 1 heterocycles. The van der Waals surface area contributed by atoms with E-state index in [0.29, 0.717) is 19.4 Å². The Balaban J connectivity index is 2.35. The van der Waals surface area contributed by atoms with Crippen molar-refractivity contribution >= 4 is 23.1 Å². The van der Waals surface area contributed by atoms with Crippen LogP contribution in [0.5, 0.6) is 0 Å². The van der Waals surface area contributed by atoms with Gasteiger partial charge in [0.2, 0.25) is 0 Å². The molecule has 0 unspecified atom stereocenters. The maximum absolute atomic E-state index is 11.7. The molecule has 17 heavy (non-hydrogen) atoms. The van der Waals surface area contributed by atoms with E-state index in [2.05, 4.69) is 10.5 Å². The Morgan fingerprint density at radius 2 is 2.29 bits per heavy atom. The van der Waals surface area contributed by atoms with Crippen molar-refractivity contribution in [2.24, 2.45) is 10.9 Å². The van der Waals surface area contributed by atoms with Gasteiger partial charge < -0.3 is 16.3 Å². The first-order valence-electron chi connectivity index (χ1n) is 5.36. The van der Waals surface area contributed by atoms with E-state index >= 15 is 0 Å². The first-order valence-corrected chi connectivity index (χ1v) is 6.18. The molecule has 1 aromatic rings. The van der Waals surface area contributed by atoms with Gasteiger partial charge in [-0.25, -0.2) is 0 Å². The number of nitrogens with zero attached hydrogens (tertiary/aromatic N) is 1. The predicted octanol–water partition coefficient (Wildman–Crippen LogP) is 1.62. The maximum Gasteiger partial charge on any atom is 0.261 e. The molecule has 4 N–H and O–H groups in total. The summed E-state index contributed by atoms with van der Waals surface area (Å²) in [5.41, 5.74) is 6.45. The largest absolute Gasteiger partial charge is 0.409 e. The summed E-state index contributed by atoms with van der Waals surface area (Å²) in [7, 11) is 0. The van der Waals surface area contributed by atoms with E-state index in [1.54, 1.807) is 0 Å². The summed E-state index contributed by atoms with van der Waals surface area (Å²) >= 11 is 1.49. The highest BCUT2D eigenvalue weighted by molar-refractivity contribution is 7.14. The third-order valence-corrected chi connectivity index (χ3v) is 3.56. The number of hydrogen-bond donors (Lipinski definition) is 3. The number of amides is 1. The molecule has 0 aliphatic heterocycles. The molecule has 0 saturated heterocycles. The monoisotopic (exact) mass is 255 g/mol. The van der Waals surface area contributed by atoms with Crippen LogP contribution in [-0.2, 0) is 0 Å². The molecule has 5 nitrogen and oxygen atoms in total. The van der Waals surface area contributed by atoms with Gasteiger partial charge in [-0.05, 0) is 31.9 Å². The number of aryl methyl sites for hydroxylation is 2. The third kappa shape index (κ3) is 4.07. The van der Waals surface area contributed by atoms with Gasteiger partial charge in [0, 0.05) is 17.8 Å². The third-order valence-electron chi connectivity index (χ3n) is 2.41. The second kappa shape index (κ2) is 6.24. The number of nitrogens with two attached hydrogens (primary N) is 1. The average molecular weight is 255 g/mol. The van der Waals surface area contributed by atoms with Gasteiger partial charge in [-0.1, -0.05) is 5.16 Å². The Morgan fingerprint density at radius 1 is 1.59 bits per heavy atom. The summed E-state index contributed by atoms with van der Waals surface area (Å²) in [4.78, 5) is 13.6. The molecule has 1 aromatic heterocycles. The molecule has 1 rings (SSSR count). The van der Waals surface area contributed by atoms with Gasteiger partial charge in [-0.2, -0.15) is 0 Å². The van der Waals surface area contributed by atoms with E-state index < -0.39 is 0 Å². The van der Waals surface area contributed by atoms with E-state index in [9.17, 15) is 4.79 Å². The Kier molecular flexibility index (Phi) is 4.96. The van der Waals surface area contributed by atoms with E-state index in [1.165, 1.54) is 11.3 Å². The maximum atomic E-state index is 11.7. The minimum absolute atomic E-state index is 0.0642. The van der Waals surface area contributed by atoms with Crippen molar-refractivity contribution < 1.29 is 10.0 Å². The van der Waals surface area contributed by atoms with Crippen LogP contribution in [0.3, 0.4) is 0 Å². The van der Waals surface area contributed by atoms with Crippen LogP contribution in [0, 0.1) is 13.8 Å². The number of nitrogens with one attached hydrogen (secondary N) is 1. The fourth-order valence-electron chi connectivity index (χ4n) is 1.29. The highest BCUT2D eigenvalue weighted by Crippen LogP contribution is 2.20. The van der Waals surface area contributed by atoms with Crippen molar-refractivity contribution in [1.82, 2.24) is 5.32 Å². The van der Waals surface area contributed by atoms with Crippen LogP contribution in [0.4, 0.5) is 0 Å². The molecule has 94 valence electrons. The van der Waals surface area contributed by atoms with Gasteiger partial charge in [0.1, 0.15) is 5.84 Å².